The first-order chi connectivity index (χ1) is 12.0. The van der Waals surface area contributed by atoms with Crippen LogP contribution in [-0.4, -0.2) is 38.5 Å². The van der Waals surface area contributed by atoms with Crippen molar-refractivity contribution in [3.05, 3.63) is 18.1 Å². The third-order valence-electron chi connectivity index (χ3n) is 3.71. The van der Waals surface area contributed by atoms with E-state index in [1.165, 1.54) is 11.8 Å². The Morgan fingerprint density at radius 1 is 1.36 bits per heavy atom. The molecule has 2 aromatic heterocycles. The van der Waals surface area contributed by atoms with Crippen LogP contribution in [0.2, 0.25) is 0 Å². The highest BCUT2D eigenvalue weighted by molar-refractivity contribution is 7.99. The summed E-state index contributed by atoms with van der Waals surface area (Å²) in [7, 11) is 0. The molecule has 0 fully saturated rings. The number of hydrogen-bond donors (Lipinski definition) is 2. The van der Waals surface area contributed by atoms with Gasteiger partial charge in [0.05, 0.1) is 17.6 Å². The van der Waals surface area contributed by atoms with Gasteiger partial charge in [0.1, 0.15) is 5.76 Å². The van der Waals surface area contributed by atoms with Crippen molar-refractivity contribution in [1.29, 1.82) is 0 Å². The first-order valence-corrected chi connectivity index (χ1v) is 9.15. The molecule has 9 heteroatoms. The Morgan fingerprint density at radius 3 is 2.72 bits per heavy atom. The molecule has 1 atom stereocenters. The third-order valence-corrected chi connectivity index (χ3v) is 4.67. The number of carbonyl (C=O) groups is 2. The highest BCUT2D eigenvalue weighted by atomic mass is 32.2. The van der Waals surface area contributed by atoms with Gasteiger partial charge >= 0.3 is 6.03 Å². The number of amides is 3. The van der Waals surface area contributed by atoms with Gasteiger partial charge in [-0.05, 0) is 33.3 Å². The standard InChI is InChI=1S/C16H23N5O3S/c1-5-10(3)17-15(23)18-13(22)9-25-16-20-19-14(21(16)6-2)12-7-8-24-11(12)4/h7-8,10H,5-6,9H2,1-4H3,(H2,17,18,22,23)/t10-/m1/s1. The summed E-state index contributed by atoms with van der Waals surface area (Å²) >= 11 is 1.24. The molecular weight excluding hydrogens is 342 g/mol. The minimum atomic E-state index is -0.480. The SMILES string of the molecule is CC[C@@H](C)NC(=O)NC(=O)CSc1nnc(-c2ccoc2C)n1CC. The van der Waals surface area contributed by atoms with E-state index >= 15 is 0 Å². The van der Waals surface area contributed by atoms with E-state index in [4.69, 9.17) is 4.42 Å². The molecule has 2 rings (SSSR count). The van der Waals surface area contributed by atoms with E-state index in [0.29, 0.717) is 17.5 Å². The van der Waals surface area contributed by atoms with E-state index in [-0.39, 0.29) is 17.7 Å². The maximum absolute atomic E-state index is 11.9. The summed E-state index contributed by atoms with van der Waals surface area (Å²) in [6, 6.07) is 1.38. The molecule has 0 aliphatic carbocycles. The second-order valence-electron chi connectivity index (χ2n) is 5.56. The molecule has 0 radical (unpaired) electrons. The Labute approximate surface area is 150 Å². The number of hydrogen-bond acceptors (Lipinski definition) is 6. The molecule has 2 aromatic rings. The Hall–Kier alpha value is -2.29. The summed E-state index contributed by atoms with van der Waals surface area (Å²) in [5.41, 5.74) is 0.874. The minimum Gasteiger partial charge on any atom is -0.469 e. The molecule has 2 heterocycles. The molecule has 136 valence electrons. The Kier molecular flexibility index (Phi) is 6.63. The predicted octanol–water partition coefficient (Wildman–Crippen LogP) is 2.58. The second kappa shape index (κ2) is 8.70. The van der Waals surface area contributed by atoms with Crippen molar-refractivity contribution in [3.8, 4) is 11.4 Å². The zero-order chi connectivity index (χ0) is 18.4. The quantitative estimate of drug-likeness (QED) is 0.731. The van der Waals surface area contributed by atoms with Crippen LogP contribution in [0.15, 0.2) is 21.9 Å². The van der Waals surface area contributed by atoms with Crippen LogP contribution in [0.5, 0.6) is 0 Å². The summed E-state index contributed by atoms with van der Waals surface area (Å²) in [6.45, 7) is 8.33. The smallest absolute Gasteiger partial charge is 0.321 e. The van der Waals surface area contributed by atoms with Crippen LogP contribution < -0.4 is 10.6 Å². The van der Waals surface area contributed by atoms with Crippen LogP contribution >= 0.6 is 11.8 Å². The highest BCUT2D eigenvalue weighted by Gasteiger charge is 2.18. The number of furan rings is 1. The van der Waals surface area contributed by atoms with E-state index < -0.39 is 6.03 Å². The highest BCUT2D eigenvalue weighted by Crippen LogP contribution is 2.26. The van der Waals surface area contributed by atoms with Crippen LogP contribution in [0.3, 0.4) is 0 Å². The maximum atomic E-state index is 11.9. The van der Waals surface area contributed by atoms with Crippen molar-refractivity contribution >= 4 is 23.7 Å². The fourth-order valence-electron chi connectivity index (χ4n) is 2.15. The van der Waals surface area contributed by atoms with Crippen LogP contribution in [0.4, 0.5) is 4.79 Å². The summed E-state index contributed by atoms with van der Waals surface area (Å²) in [5, 5.41) is 14.0. The van der Waals surface area contributed by atoms with Crippen molar-refractivity contribution in [1.82, 2.24) is 25.4 Å². The Bertz CT molecular complexity index is 740. The third kappa shape index (κ3) is 4.85. The Balaban J connectivity index is 1.97. The van der Waals surface area contributed by atoms with Gasteiger partial charge < -0.3 is 14.3 Å². The molecule has 0 aromatic carbocycles. The minimum absolute atomic E-state index is 0.0180. The number of nitrogens with zero attached hydrogens (tertiary/aromatic N) is 3. The van der Waals surface area contributed by atoms with E-state index in [1.54, 1.807) is 6.26 Å². The molecule has 8 nitrogen and oxygen atoms in total. The number of thioether (sulfide) groups is 1. The van der Waals surface area contributed by atoms with Gasteiger partial charge in [0.15, 0.2) is 11.0 Å². The van der Waals surface area contributed by atoms with Crippen molar-refractivity contribution in [2.24, 2.45) is 0 Å². The molecular formula is C16H23N5O3S. The number of aromatic nitrogens is 3. The van der Waals surface area contributed by atoms with Gasteiger partial charge in [-0.1, -0.05) is 18.7 Å². The summed E-state index contributed by atoms with van der Waals surface area (Å²) in [4.78, 5) is 23.6. The van der Waals surface area contributed by atoms with Gasteiger partial charge in [-0.25, -0.2) is 4.79 Å². The lowest BCUT2D eigenvalue weighted by Gasteiger charge is -2.11. The molecule has 3 amide bonds. The molecule has 0 unspecified atom stereocenters. The number of imide groups is 1. The van der Waals surface area contributed by atoms with Crippen molar-refractivity contribution in [3.63, 3.8) is 0 Å². The number of carbonyl (C=O) groups excluding carboxylic acids is 2. The number of rotatable bonds is 7. The number of aryl methyl sites for hydroxylation is 1. The molecule has 25 heavy (non-hydrogen) atoms. The molecule has 0 spiro atoms. The van der Waals surface area contributed by atoms with Crippen LogP contribution in [0, 0.1) is 6.92 Å². The zero-order valence-corrected chi connectivity index (χ0v) is 15.6. The van der Waals surface area contributed by atoms with Gasteiger partial charge in [0, 0.05) is 12.6 Å². The maximum Gasteiger partial charge on any atom is 0.321 e. The van der Waals surface area contributed by atoms with Crippen molar-refractivity contribution in [2.75, 3.05) is 5.75 Å². The van der Waals surface area contributed by atoms with E-state index in [1.807, 2.05) is 38.3 Å². The van der Waals surface area contributed by atoms with Gasteiger partial charge in [0.2, 0.25) is 5.91 Å². The number of nitrogens with one attached hydrogen (secondary N) is 2. The molecule has 0 saturated carbocycles. The van der Waals surface area contributed by atoms with Gasteiger partial charge in [-0.2, -0.15) is 0 Å². The lowest BCUT2D eigenvalue weighted by Crippen LogP contribution is -2.43. The summed E-state index contributed by atoms with van der Waals surface area (Å²) in [6.07, 6.45) is 2.40. The average Bonchev–Trinajstić information content (AvgIpc) is 3.17. The molecule has 0 aliphatic heterocycles. The van der Waals surface area contributed by atoms with Crippen LogP contribution in [0.25, 0.3) is 11.4 Å². The van der Waals surface area contributed by atoms with Crippen LogP contribution in [-0.2, 0) is 11.3 Å². The largest absolute Gasteiger partial charge is 0.469 e. The first kappa shape index (κ1) is 19.0. The predicted molar refractivity (Wildman–Crippen MR) is 95.3 cm³/mol. The summed E-state index contributed by atoms with van der Waals surface area (Å²) in [5.74, 6) is 1.16. The van der Waals surface area contributed by atoms with Gasteiger partial charge in [-0.15, -0.1) is 10.2 Å². The topological polar surface area (TPSA) is 102 Å². The molecule has 0 aliphatic rings. The lowest BCUT2D eigenvalue weighted by atomic mass is 10.2. The lowest BCUT2D eigenvalue weighted by molar-refractivity contribution is -0.117. The fraction of sp³-hybridized carbons (Fsp3) is 0.500. The monoisotopic (exact) mass is 365 g/mol. The van der Waals surface area contributed by atoms with Crippen molar-refractivity contribution in [2.45, 2.75) is 51.9 Å². The van der Waals surface area contributed by atoms with Gasteiger partial charge in [0.25, 0.3) is 0 Å². The molecule has 0 bridgehead atoms. The molecule has 0 saturated heterocycles. The van der Waals surface area contributed by atoms with Crippen molar-refractivity contribution < 1.29 is 14.0 Å². The van der Waals surface area contributed by atoms with Crippen LogP contribution in [0.1, 0.15) is 33.0 Å². The first-order valence-electron chi connectivity index (χ1n) is 8.17. The Morgan fingerprint density at radius 2 is 2.12 bits per heavy atom. The zero-order valence-electron chi connectivity index (χ0n) is 14.8. The van der Waals surface area contributed by atoms with E-state index in [0.717, 1.165) is 17.7 Å². The van der Waals surface area contributed by atoms with Gasteiger partial charge in [-0.3, -0.25) is 10.1 Å². The normalized spacial score (nSPS) is 12.0. The van der Waals surface area contributed by atoms with E-state index in [9.17, 15) is 9.59 Å². The summed E-state index contributed by atoms with van der Waals surface area (Å²) < 4.78 is 7.23. The fourth-order valence-corrected chi connectivity index (χ4v) is 2.95. The average molecular weight is 365 g/mol. The molecule has 2 N–H and O–H groups in total. The number of urea groups is 1. The second-order valence-corrected chi connectivity index (χ2v) is 6.50. The van der Waals surface area contributed by atoms with E-state index in [2.05, 4.69) is 20.8 Å².